The zero-order valence-corrected chi connectivity index (χ0v) is 16.4. The van der Waals surface area contributed by atoms with Crippen LogP contribution < -0.4 is 10.6 Å². The van der Waals surface area contributed by atoms with Crippen molar-refractivity contribution in [2.24, 2.45) is 4.99 Å². The summed E-state index contributed by atoms with van der Waals surface area (Å²) in [5, 5.41) is 5.89. The van der Waals surface area contributed by atoms with Gasteiger partial charge in [0, 0.05) is 27.2 Å². The van der Waals surface area contributed by atoms with Gasteiger partial charge in [-0.2, -0.15) is 13.2 Å². The molecule has 0 fully saturated rings. The molecule has 0 aliphatic heterocycles. The van der Waals surface area contributed by atoms with E-state index < -0.39 is 24.2 Å². The Morgan fingerprint density at radius 1 is 1.26 bits per heavy atom. The van der Waals surface area contributed by atoms with Crippen molar-refractivity contribution in [2.75, 3.05) is 40.3 Å². The number of hydrogen-bond acceptors (Lipinski definition) is 3. The van der Waals surface area contributed by atoms with Crippen LogP contribution >= 0.6 is 24.0 Å². The monoisotopic (exact) mass is 454 g/mol. The summed E-state index contributed by atoms with van der Waals surface area (Å²) >= 11 is 0. The number of carbonyl (C=O) groups excluding carboxylic acids is 1. The predicted octanol–water partition coefficient (Wildman–Crippen LogP) is 1.61. The highest BCUT2D eigenvalue weighted by Gasteiger charge is 2.31. The maximum atomic E-state index is 12.2. The number of ether oxygens (including phenoxy) is 1. The van der Waals surface area contributed by atoms with E-state index in [4.69, 9.17) is 4.74 Å². The molecule has 0 aliphatic rings. The summed E-state index contributed by atoms with van der Waals surface area (Å²) < 4.78 is 41.9. The van der Waals surface area contributed by atoms with Crippen LogP contribution in [-0.2, 0) is 9.53 Å². The second kappa shape index (κ2) is 10.9. The number of nitrogens with zero attached hydrogens (tertiary/aromatic N) is 2. The topological polar surface area (TPSA) is 66.0 Å². The number of nitrogens with one attached hydrogen (secondary N) is 2. The normalized spacial score (nSPS) is 12.4. The molecule has 0 aromatic rings. The molecule has 0 bridgehead atoms. The van der Waals surface area contributed by atoms with E-state index in [1.807, 2.05) is 20.8 Å². The fraction of sp³-hybridized carbons (Fsp3) is 0.846. The van der Waals surface area contributed by atoms with E-state index >= 15 is 0 Å². The molecule has 23 heavy (non-hydrogen) atoms. The molecule has 0 aromatic heterocycles. The Balaban J connectivity index is 0. The lowest BCUT2D eigenvalue weighted by molar-refractivity contribution is -0.157. The van der Waals surface area contributed by atoms with Gasteiger partial charge in [-0.3, -0.25) is 4.79 Å². The molecule has 6 nitrogen and oxygen atoms in total. The number of aliphatic imine (C=N–C) groups is 1. The Hall–Kier alpha value is -0.780. The minimum absolute atomic E-state index is 0. The molecule has 138 valence electrons. The molecule has 0 aliphatic carbocycles. The third-order valence-corrected chi connectivity index (χ3v) is 2.79. The molecule has 0 unspecified atom stereocenters. The molecule has 0 atom stereocenters. The molecule has 0 saturated carbocycles. The van der Waals surface area contributed by atoms with Crippen LogP contribution in [0.2, 0.25) is 0 Å². The van der Waals surface area contributed by atoms with Crippen molar-refractivity contribution in [3.63, 3.8) is 0 Å². The molecular formula is C13H26F3IN4O2. The lowest BCUT2D eigenvalue weighted by Crippen LogP contribution is -2.46. The molecule has 0 rings (SSSR count). The molecule has 0 spiro atoms. The maximum absolute atomic E-state index is 12.2. The standard InChI is InChI=1S/C13H25F3N4O2.HI/c1-6-17-11(19-8-12(2,3)22-5)18-7-10(21)20(4)9-13(14,15)16;/h6-9H2,1-5H3,(H2,17,18,19);1H. The first-order valence-corrected chi connectivity index (χ1v) is 6.89. The van der Waals surface area contributed by atoms with Gasteiger partial charge in [-0.05, 0) is 20.8 Å². The van der Waals surface area contributed by atoms with Crippen molar-refractivity contribution in [3.8, 4) is 0 Å². The lowest BCUT2D eigenvalue weighted by atomic mass is 10.1. The molecule has 10 heteroatoms. The van der Waals surface area contributed by atoms with Gasteiger partial charge < -0.3 is 20.3 Å². The van der Waals surface area contributed by atoms with Gasteiger partial charge in [0.1, 0.15) is 13.1 Å². The Labute approximate surface area is 152 Å². The zero-order valence-electron chi connectivity index (χ0n) is 14.1. The van der Waals surface area contributed by atoms with Crippen LogP contribution in [0.3, 0.4) is 0 Å². The zero-order chi connectivity index (χ0) is 17.4. The van der Waals surface area contributed by atoms with Crippen LogP contribution in [0.25, 0.3) is 0 Å². The van der Waals surface area contributed by atoms with Crippen LogP contribution in [0, 0.1) is 0 Å². The minimum Gasteiger partial charge on any atom is -0.377 e. The summed E-state index contributed by atoms with van der Waals surface area (Å²) in [6, 6.07) is 0. The van der Waals surface area contributed by atoms with E-state index in [1.54, 1.807) is 7.11 Å². The molecule has 1 amide bonds. The van der Waals surface area contributed by atoms with Crippen molar-refractivity contribution < 1.29 is 22.7 Å². The van der Waals surface area contributed by atoms with Gasteiger partial charge in [-0.15, -0.1) is 24.0 Å². The molecule has 0 aromatic carbocycles. The van der Waals surface area contributed by atoms with E-state index in [-0.39, 0.29) is 30.5 Å². The Morgan fingerprint density at radius 3 is 2.26 bits per heavy atom. The number of amides is 1. The summed E-state index contributed by atoms with van der Waals surface area (Å²) in [5.41, 5.74) is -0.437. The Bertz CT molecular complexity index is 390. The van der Waals surface area contributed by atoms with Crippen LogP contribution in [0.4, 0.5) is 13.2 Å². The predicted molar refractivity (Wildman–Crippen MR) is 94.2 cm³/mol. The summed E-state index contributed by atoms with van der Waals surface area (Å²) in [7, 11) is 2.67. The van der Waals surface area contributed by atoms with Crippen LogP contribution in [0.5, 0.6) is 0 Å². The summed E-state index contributed by atoms with van der Waals surface area (Å²) in [6.07, 6.45) is -4.42. The lowest BCUT2D eigenvalue weighted by Gasteiger charge is -2.24. The van der Waals surface area contributed by atoms with Gasteiger partial charge in [0.15, 0.2) is 5.96 Å². The number of methoxy groups -OCH3 is 1. The van der Waals surface area contributed by atoms with Crippen molar-refractivity contribution in [2.45, 2.75) is 32.5 Å². The first-order valence-electron chi connectivity index (χ1n) is 6.89. The highest BCUT2D eigenvalue weighted by Crippen LogP contribution is 2.15. The first kappa shape index (κ1) is 24.5. The van der Waals surface area contributed by atoms with Gasteiger partial charge in [-0.1, -0.05) is 0 Å². The Morgan fingerprint density at radius 2 is 1.83 bits per heavy atom. The number of carbonyl (C=O) groups is 1. The van der Waals surface area contributed by atoms with Crippen LogP contribution in [0.1, 0.15) is 20.8 Å². The molecular weight excluding hydrogens is 428 g/mol. The van der Waals surface area contributed by atoms with Crippen LogP contribution in [0.15, 0.2) is 4.99 Å². The first-order chi connectivity index (χ1) is 10.0. The quantitative estimate of drug-likeness (QED) is 0.349. The van der Waals surface area contributed by atoms with Gasteiger partial charge in [-0.25, -0.2) is 4.99 Å². The van der Waals surface area contributed by atoms with E-state index in [0.717, 1.165) is 7.05 Å². The van der Waals surface area contributed by atoms with E-state index in [0.29, 0.717) is 23.9 Å². The number of rotatable bonds is 7. The minimum atomic E-state index is -4.42. The van der Waals surface area contributed by atoms with E-state index in [2.05, 4.69) is 15.6 Å². The fourth-order valence-electron chi connectivity index (χ4n) is 1.34. The summed E-state index contributed by atoms with van der Waals surface area (Å²) in [6.45, 7) is 4.92. The van der Waals surface area contributed by atoms with Crippen molar-refractivity contribution in [3.05, 3.63) is 0 Å². The second-order valence-corrected chi connectivity index (χ2v) is 5.38. The number of guanidine groups is 1. The molecule has 0 heterocycles. The molecule has 0 saturated heterocycles. The highest BCUT2D eigenvalue weighted by molar-refractivity contribution is 14.0. The van der Waals surface area contributed by atoms with E-state index in [9.17, 15) is 18.0 Å². The summed E-state index contributed by atoms with van der Waals surface area (Å²) in [4.78, 5) is 16.2. The summed E-state index contributed by atoms with van der Waals surface area (Å²) in [5.74, 6) is -0.359. The van der Waals surface area contributed by atoms with Crippen molar-refractivity contribution in [1.82, 2.24) is 15.5 Å². The van der Waals surface area contributed by atoms with Crippen LogP contribution in [-0.4, -0.2) is 68.9 Å². The Kier molecular flexibility index (Phi) is 11.6. The molecule has 2 N–H and O–H groups in total. The van der Waals surface area contributed by atoms with E-state index in [1.165, 1.54) is 0 Å². The largest absolute Gasteiger partial charge is 0.406 e. The fourth-order valence-corrected chi connectivity index (χ4v) is 1.34. The number of alkyl halides is 3. The maximum Gasteiger partial charge on any atom is 0.406 e. The van der Waals surface area contributed by atoms with Crippen molar-refractivity contribution >= 4 is 35.8 Å². The number of likely N-dealkylation sites (N-methyl/N-ethyl adjacent to an activating group) is 1. The van der Waals surface area contributed by atoms with Crippen molar-refractivity contribution in [1.29, 1.82) is 0 Å². The van der Waals surface area contributed by atoms with Gasteiger partial charge in [0.05, 0.1) is 5.60 Å². The smallest absolute Gasteiger partial charge is 0.377 e. The number of halogens is 4. The average molecular weight is 454 g/mol. The third kappa shape index (κ3) is 12.3. The van der Waals surface area contributed by atoms with Gasteiger partial charge in [0.25, 0.3) is 0 Å². The number of hydrogen-bond donors (Lipinski definition) is 2. The molecule has 0 radical (unpaired) electrons. The SMILES string of the molecule is CCNC(=NCC(=O)N(C)CC(F)(F)F)NCC(C)(C)OC.I. The van der Waals surface area contributed by atoms with Gasteiger partial charge >= 0.3 is 6.18 Å². The highest BCUT2D eigenvalue weighted by atomic mass is 127. The average Bonchev–Trinajstić information content (AvgIpc) is 2.39. The third-order valence-electron chi connectivity index (χ3n) is 2.79. The second-order valence-electron chi connectivity index (χ2n) is 5.38. The van der Waals surface area contributed by atoms with Gasteiger partial charge in [0.2, 0.25) is 5.91 Å².